The second-order valence-electron chi connectivity index (χ2n) is 8.51. The average molecular weight is 418 g/mol. The molecule has 0 unspecified atom stereocenters. The number of rotatable bonds is 6. The lowest BCUT2D eigenvalue weighted by Crippen LogP contribution is -2.32. The van der Waals surface area contributed by atoms with Gasteiger partial charge in [0.15, 0.2) is 0 Å². The summed E-state index contributed by atoms with van der Waals surface area (Å²) in [5.41, 5.74) is 11.3. The summed E-state index contributed by atoms with van der Waals surface area (Å²) < 4.78 is 5.76. The molecule has 0 bridgehead atoms. The largest absolute Gasteiger partial charge is 0.383 e. The Morgan fingerprint density at radius 1 is 1.26 bits per heavy atom. The van der Waals surface area contributed by atoms with E-state index in [-0.39, 0.29) is 12.0 Å². The van der Waals surface area contributed by atoms with Crippen LogP contribution in [0.15, 0.2) is 30.6 Å². The first-order chi connectivity index (χ1) is 15.0. The third-order valence-electron chi connectivity index (χ3n) is 6.18. The van der Waals surface area contributed by atoms with Gasteiger partial charge in [-0.3, -0.25) is 9.78 Å². The van der Waals surface area contributed by atoms with Crippen LogP contribution < -0.4 is 5.73 Å². The van der Waals surface area contributed by atoms with Crippen molar-refractivity contribution < 1.29 is 9.53 Å². The fourth-order valence-electron chi connectivity index (χ4n) is 4.35. The predicted octanol–water partition coefficient (Wildman–Crippen LogP) is 4.13. The maximum atomic E-state index is 13.4. The average Bonchev–Trinajstić information content (AvgIpc) is 3.55. The van der Waals surface area contributed by atoms with Gasteiger partial charge < -0.3 is 15.4 Å². The summed E-state index contributed by atoms with van der Waals surface area (Å²) >= 11 is 0. The van der Waals surface area contributed by atoms with Crippen LogP contribution in [-0.4, -0.2) is 32.3 Å². The number of nitrogen functional groups attached to an aromatic ring is 1. The van der Waals surface area contributed by atoms with Crippen LogP contribution in [0.25, 0.3) is 10.9 Å². The number of nitrogens with zero attached hydrogens (tertiary/aromatic N) is 4. The van der Waals surface area contributed by atoms with Crippen molar-refractivity contribution in [2.45, 2.75) is 58.3 Å². The zero-order chi connectivity index (χ0) is 21.5. The van der Waals surface area contributed by atoms with Gasteiger partial charge >= 0.3 is 0 Å². The quantitative estimate of drug-likeness (QED) is 0.648. The molecule has 2 N–H and O–H groups in total. The van der Waals surface area contributed by atoms with E-state index < -0.39 is 0 Å². The van der Waals surface area contributed by atoms with Crippen molar-refractivity contribution in [3.63, 3.8) is 0 Å². The van der Waals surface area contributed by atoms with E-state index in [0.29, 0.717) is 42.6 Å². The Hall–Kier alpha value is -3.06. The molecule has 1 saturated carbocycles. The number of hydrogen-bond acceptors (Lipinski definition) is 6. The summed E-state index contributed by atoms with van der Waals surface area (Å²) in [7, 11) is 0. The minimum Gasteiger partial charge on any atom is -0.383 e. The summed E-state index contributed by atoms with van der Waals surface area (Å²) in [6.45, 7) is 5.61. The lowest BCUT2D eigenvalue weighted by Gasteiger charge is -2.22. The van der Waals surface area contributed by atoms with Crippen molar-refractivity contribution >= 4 is 22.6 Å². The molecule has 1 amide bonds. The lowest BCUT2D eigenvalue weighted by molar-refractivity contribution is 0.0735. The number of aromatic nitrogens is 3. The van der Waals surface area contributed by atoms with Crippen LogP contribution in [0.4, 0.5) is 5.82 Å². The molecule has 1 atom stereocenters. The standard InChI is InChI=1S/C24H27N5O2/c1-3-8-29(12-17-7-6-16(10-26-17)15-4-5-15)24(30)20-9-18-19-13-31-14(2)22(19)23(25)28-21(18)11-27-20/h6-7,9-11,14-15H,3-5,8,12-13H2,1-2H3,(H2,25,28)/t14-/m0/s1. The highest BCUT2D eigenvalue weighted by molar-refractivity contribution is 5.97. The topological polar surface area (TPSA) is 94.2 Å². The molecule has 0 saturated heterocycles. The molecule has 5 rings (SSSR count). The first-order valence-corrected chi connectivity index (χ1v) is 11.0. The van der Waals surface area contributed by atoms with E-state index in [4.69, 9.17) is 10.5 Å². The normalized spacial score (nSPS) is 17.7. The summed E-state index contributed by atoms with van der Waals surface area (Å²) in [6.07, 6.45) is 6.86. The Morgan fingerprint density at radius 3 is 2.81 bits per heavy atom. The van der Waals surface area contributed by atoms with E-state index in [0.717, 1.165) is 28.6 Å². The minimum atomic E-state index is -0.102. The van der Waals surface area contributed by atoms with Crippen molar-refractivity contribution in [3.8, 4) is 0 Å². The Kier molecular flexibility index (Phi) is 5.06. The van der Waals surface area contributed by atoms with Crippen LogP contribution in [0.3, 0.4) is 0 Å². The summed E-state index contributed by atoms with van der Waals surface area (Å²) in [4.78, 5) is 28.7. The third-order valence-corrected chi connectivity index (χ3v) is 6.18. The molecule has 1 aliphatic heterocycles. The number of pyridine rings is 3. The summed E-state index contributed by atoms with van der Waals surface area (Å²) in [5, 5.41) is 0.884. The molecule has 1 aliphatic carbocycles. The number of fused-ring (bicyclic) bond motifs is 3. The van der Waals surface area contributed by atoms with Gasteiger partial charge in [0.2, 0.25) is 0 Å². The fraction of sp³-hybridized carbons (Fsp3) is 0.417. The Labute approximate surface area is 181 Å². The van der Waals surface area contributed by atoms with Crippen LogP contribution in [0.1, 0.15) is 78.0 Å². The zero-order valence-corrected chi connectivity index (χ0v) is 18.0. The summed E-state index contributed by atoms with van der Waals surface area (Å²) in [6, 6.07) is 6.01. The zero-order valence-electron chi connectivity index (χ0n) is 18.0. The third kappa shape index (κ3) is 3.74. The van der Waals surface area contributed by atoms with Crippen LogP contribution in [0.5, 0.6) is 0 Å². The van der Waals surface area contributed by atoms with Crippen molar-refractivity contribution in [2.75, 3.05) is 12.3 Å². The highest BCUT2D eigenvalue weighted by Crippen LogP contribution is 2.40. The molecule has 0 radical (unpaired) electrons. The van der Waals surface area contributed by atoms with Crippen molar-refractivity contribution in [1.82, 2.24) is 19.9 Å². The van der Waals surface area contributed by atoms with Gasteiger partial charge in [0.1, 0.15) is 11.5 Å². The number of ether oxygens (including phenoxy) is 1. The number of anilines is 1. The minimum absolute atomic E-state index is 0.0968. The molecule has 1 fully saturated rings. The van der Waals surface area contributed by atoms with Crippen LogP contribution in [0.2, 0.25) is 0 Å². The van der Waals surface area contributed by atoms with E-state index in [9.17, 15) is 4.79 Å². The van der Waals surface area contributed by atoms with Gasteiger partial charge in [-0.15, -0.1) is 0 Å². The van der Waals surface area contributed by atoms with Crippen molar-refractivity contribution in [2.24, 2.45) is 0 Å². The monoisotopic (exact) mass is 417 g/mol. The van der Waals surface area contributed by atoms with Gasteiger partial charge in [0, 0.05) is 23.7 Å². The van der Waals surface area contributed by atoms with Crippen LogP contribution in [-0.2, 0) is 17.9 Å². The van der Waals surface area contributed by atoms with E-state index in [1.165, 1.54) is 18.4 Å². The molecule has 3 aromatic heterocycles. The van der Waals surface area contributed by atoms with E-state index in [1.54, 1.807) is 6.20 Å². The Morgan fingerprint density at radius 2 is 2.10 bits per heavy atom. The Bertz CT molecular complexity index is 1140. The van der Waals surface area contributed by atoms with Crippen molar-refractivity contribution in [3.05, 3.63) is 58.7 Å². The van der Waals surface area contributed by atoms with Gasteiger partial charge in [0.25, 0.3) is 5.91 Å². The van der Waals surface area contributed by atoms with Crippen LogP contribution in [0, 0.1) is 0 Å². The molecular formula is C24H27N5O2. The van der Waals surface area contributed by atoms with Gasteiger partial charge in [-0.25, -0.2) is 9.97 Å². The second kappa shape index (κ2) is 7.89. The van der Waals surface area contributed by atoms with E-state index in [2.05, 4.69) is 27.9 Å². The molecular weight excluding hydrogens is 390 g/mol. The van der Waals surface area contributed by atoms with E-state index >= 15 is 0 Å². The molecule has 0 spiro atoms. The molecule has 160 valence electrons. The molecule has 4 heterocycles. The van der Waals surface area contributed by atoms with Gasteiger partial charge in [-0.2, -0.15) is 0 Å². The maximum Gasteiger partial charge on any atom is 0.272 e. The van der Waals surface area contributed by atoms with Gasteiger partial charge in [-0.1, -0.05) is 13.0 Å². The lowest BCUT2D eigenvalue weighted by atomic mass is 10.0. The maximum absolute atomic E-state index is 13.4. The fourth-order valence-corrected chi connectivity index (χ4v) is 4.35. The number of hydrogen-bond donors (Lipinski definition) is 1. The first kappa shape index (κ1) is 19.9. The van der Waals surface area contributed by atoms with Crippen molar-refractivity contribution in [1.29, 1.82) is 0 Å². The number of carbonyl (C=O) groups is 1. The second-order valence-corrected chi connectivity index (χ2v) is 8.51. The highest BCUT2D eigenvalue weighted by Gasteiger charge is 2.27. The van der Waals surface area contributed by atoms with Gasteiger partial charge in [-0.05, 0) is 55.4 Å². The smallest absolute Gasteiger partial charge is 0.272 e. The number of nitrogens with two attached hydrogens (primary N) is 1. The molecule has 0 aromatic carbocycles. The molecule has 3 aromatic rings. The molecule has 2 aliphatic rings. The molecule has 31 heavy (non-hydrogen) atoms. The van der Waals surface area contributed by atoms with Crippen LogP contribution >= 0.6 is 0 Å². The number of amides is 1. The van der Waals surface area contributed by atoms with E-state index in [1.807, 2.05) is 30.2 Å². The molecule has 7 nitrogen and oxygen atoms in total. The highest BCUT2D eigenvalue weighted by atomic mass is 16.5. The molecule has 7 heteroatoms. The summed E-state index contributed by atoms with van der Waals surface area (Å²) in [5.74, 6) is 1.05. The Balaban J connectivity index is 1.44. The SMILES string of the molecule is CCCN(Cc1ccc(C2CC2)cn1)C(=O)c1cc2c3c(c(N)nc2cn1)[C@H](C)OC3. The number of carbonyl (C=O) groups excluding carboxylic acids is 1. The van der Waals surface area contributed by atoms with Gasteiger partial charge in [0.05, 0.1) is 36.7 Å². The first-order valence-electron chi connectivity index (χ1n) is 11.0. The predicted molar refractivity (Wildman–Crippen MR) is 118 cm³/mol.